The van der Waals surface area contributed by atoms with Crippen molar-refractivity contribution in [3.05, 3.63) is 16.1 Å². The summed E-state index contributed by atoms with van der Waals surface area (Å²) in [7, 11) is 0. The lowest BCUT2D eigenvalue weighted by Crippen LogP contribution is -2.18. The highest BCUT2D eigenvalue weighted by atomic mass is 32.1. The summed E-state index contributed by atoms with van der Waals surface area (Å²) < 4.78 is 0. The van der Waals surface area contributed by atoms with Crippen molar-refractivity contribution in [1.82, 2.24) is 10.3 Å². The van der Waals surface area contributed by atoms with Gasteiger partial charge in [-0.3, -0.25) is 0 Å². The minimum absolute atomic E-state index is 0.720. The summed E-state index contributed by atoms with van der Waals surface area (Å²) in [5.74, 6) is 0.720. The van der Waals surface area contributed by atoms with Gasteiger partial charge in [-0.25, -0.2) is 4.98 Å². The van der Waals surface area contributed by atoms with Crippen molar-refractivity contribution in [2.45, 2.75) is 46.6 Å². The molecule has 0 saturated carbocycles. The summed E-state index contributed by atoms with van der Waals surface area (Å²) in [5.41, 5.74) is 0. The number of aryl methyl sites for hydroxylation is 1. The molecule has 0 aliphatic heterocycles. The first-order valence-corrected chi connectivity index (χ1v) is 6.68. The topological polar surface area (TPSA) is 24.9 Å². The highest BCUT2D eigenvalue weighted by Gasteiger charge is 2.01. The van der Waals surface area contributed by atoms with Crippen LogP contribution in [-0.4, -0.2) is 11.5 Å². The standard InChI is InChI=1S/C12H22N2S/c1-4-5-6-12-14-9-11(15-12)8-13-7-10(2)3/h9-10,13H,4-8H2,1-3H3. The highest BCUT2D eigenvalue weighted by molar-refractivity contribution is 7.11. The van der Waals surface area contributed by atoms with Gasteiger partial charge in [0, 0.05) is 17.6 Å². The average molecular weight is 226 g/mol. The van der Waals surface area contributed by atoms with Crippen molar-refractivity contribution in [2.24, 2.45) is 5.92 Å². The van der Waals surface area contributed by atoms with Gasteiger partial charge in [0.2, 0.25) is 0 Å². The maximum Gasteiger partial charge on any atom is 0.0928 e. The molecule has 0 aliphatic rings. The second-order valence-electron chi connectivity index (χ2n) is 4.35. The number of nitrogens with one attached hydrogen (secondary N) is 1. The van der Waals surface area contributed by atoms with Gasteiger partial charge >= 0.3 is 0 Å². The van der Waals surface area contributed by atoms with E-state index in [1.54, 1.807) is 0 Å². The van der Waals surface area contributed by atoms with Crippen LogP contribution in [0.2, 0.25) is 0 Å². The fourth-order valence-electron chi connectivity index (χ4n) is 1.36. The molecular weight excluding hydrogens is 204 g/mol. The Morgan fingerprint density at radius 2 is 2.27 bits per heavy atom. The predicted octanol–water partition coefficient (Wildman–Crippen LogP) is 3.23. The second-order valence-corrected chi connectivity index (χ2v) is 5.55. The van der Waals surface area contributed by atoms with Gasteiger partial charge in [0.1, 0.15) is 0 Å². The lowest BCUT2D eigenvalue weighted by atomic mass is 10.2. The van der Waals surface area contributed by atoms with Gasteiger partial charge in [0.25, 0.3) is 0 Å². The van der Waals surface area contributed by atoms with Crippen LogP contribution in [-0.2, 0) is 13.0 Å². The van der Waals surface area contributed by atoms with Crippen molar-refractivity contribution in [1.29, 1.82) is 0 Å². The normalized spacial score (nSPS) is 11.2. The first-order valence-electron chi connectivity index (χ1n) is 5.86. The van der Waals surface area contributed by atoms with Crippen LogP contribution in [0, 0.1) is 5.92 Å². The van der Waals surface area contributed by atoms with E-state index in [1.807, 2.05) is 17.5 Å². The molecule has 0 spiro atoms. The Bertz CT molecular complexity index is 268. The van der Waals surface area contributed by atoms with Crippen molar-refractivity contribution in [2.75, 3.05) is 6.54 Å². The Balaban J connectivity index is 2.26. The lowest BCUT2D eigenvalue weighted by molar-refractivity contribution is 0.554. The van der Waals surface area contributed by atoms with E-state index in [-0.39, 0.29) is 0 Å². The van der Waals surface area contributed by atoms with Gasteiger partial charge in [-0.15, -0.1) is 11.3 Å². The molecule has 0 unspecified atom stereocenters. The van der Waals surface area contributed by atoms with E-state index in [1.165, 1.54) is 22.7 Å². The Hall–Kier alpha value is -0.410. The molecule has 86 valence electrons. The lowest BCUT2D eigenvalue weighted by Gasteiger charge is -2.04. The number of unbranched alkanes of at least 4 members (excludes halogenated alkanes) is 1. The Morgan fingerprint density at radius 1 is 1.47 bits per heavy atom. The molecule has 0 aliphatic carbocycles. The number of hydrogen-bond donors (Lipinski definition) is 1. The molecule has 0 atom stereocenters. The van der Waals surface area contributed by atoms with Crippen LogP contribution < -0.4 is 5.32 Å². The Labute approximate surface area is 97.1 Å². The largest absolute Gasteiger partial charge is 0.312 e. The van der Waals surface area contributed by atoms with Crippen LogP contribution >= 0.6 is 11.3 Å². The van der Waals surface area contributed by atoms with Gasteiger partial charge in [-0.2, -0.15) is 0 Å². The minimum Gasteiger partial charge on any atom is -0.312 e. The number of nitrogens with zero attached hydrogens (tertiary/aromatic N) is 1. The number of hydrogen-bond acceptors (Lipinski definition) is 3. The zero-order chi connectivity index (χ0) is 11.1. The van der Waals surface area contributed by atoms with E-state index in [4.69, 9.17) is 0 Å². The summed E-state index contributed by atoms with van der Waals surface area (Å²) >= 11 is 1.85. The predicted molar refractivity (Wildman–Crippen MR) is 67.3 cm³/mol. The van der Waals surface area contributed by atoms with E-state index < -0.39 is 0 Å². The minimum atomic E-state index is 0.720. The molecule has 1 heterocycles. The molecule has 1 aromatic heterocycles. The third kappa shape index (κ3) is 5.28. The van der Waals surface area contributed by atoms with Crippen LogP contribution in [0.25, 0.3) is 0 Å². The molecule has 0 aromatic carbocycles. The maximum absolute atomic E-state index is 4.43. The summed E-state index contributed by atoms with van der Waals surface area (Å²) in [5, 5.41) is 4.73. The van der Waals surface area contributed by atoms with Gasteiger partial charge in [-0.1, -0.05) is 27.2 Å². The van der Waals surface area contributed by atoms with Crippen molar-refractivity contribution >= 4 is 11.3 Å². The SMILES string of the molecule is CCCCc1ncc(CNCC(C)C)s1. The van der Waals surface area contributed by atoms with Crippen LogP contribution in [0.1, 0.15) is 43.5 Å². The number of thiazole rings is 1. The molecule has 0 saturated heterocycles. The van der Waals surface area contributed by atoms with Crippen molar-refractivity contribution < 1.29 is 0 Å². The third-order valence-corrected chi connectivity index (χ3v) is 3.25. The molecule has 3 heteroatoms. The summed E-state index contributed by atoms with van der Waals surface area (Å²) in [6.07, 6.45) is 5.67. The van der Waals surface area contributed by atoms with Crippen LogP contribution in [0.15, 0.2) is 6.20 Å². The van der Waals surface area contributed by atoms with Crippen LogP contribution in [0.5, 0.6) is 0 Å². The van der Waals surface area contributed by atoms with E-state index in [9.17, 15) is 0 Å². The monoisotopic (exact) mass is 226 g/mol. The van der Waals surface area contributed by atoms with Gasteiger partial charge in [0.15, 0.2) is 0 Å². The fourth-order valence-corrected chi connectivity index (χ4v) is 2.29. The number of rotatable bonds is 7. The zero-order valence-corrected chi connectivity index (χ0v) is 10.9. The first-order chi connectivity index (χ1) is 7.22. The molecule has 2 nitrogen and oxygen atoms in total. The number of aromatic nitrogens is 1. The van der Waals surface area contributed by atoms with E-state index >= 15 is 0 Å². The van der Waals surface area contributed by atoms with Gasteiger partial charge < -0.3 is 5.32 Å². The molecule has 0 amide bonds. The Morgan fingerprint density at radius 3 is 2.93 bits per heavy atom. The average Bonchev–Trinajstić information content (AvgIpc) is 2.62. The third-order valence-electron chi connectivity index (χ3n) is 2.20. The first kappa shape index (κ1) is 12.7. The summed E-state index contributed by atoms with van der Waals surface area (Å²) in [6, 6.07) is 0. The summed E-state index contributed by atoms with van der Waals surface area (Å²) in [6.45, 7) is 8.74. The zero-order valence-electron chi connectivity index (χ0n) is 10.0. The van der Waals surface area contributed by atoms with Crippen LogP contribution in [0.4, 0.5) is 0 Å². The highest BCUT2D eigenvalue weighted by Crippen LogP contribution is 2.14. The molecule has 0 fully saturated rings. The van der Waals surface area contributed by atoms with E-state index in [0.717, 1.165) is 25.4 Å². The quantitative estimate of drug-likeness (QED) is 0.772. The van der Waals surface area contributed by atoms with Gasteiger partial charge in [0.05, 0.1) is 5.01 Å². The molecule has 15 heavy (non-hydrogen) atoms. The second kappa shape index (κ2) is 6.96. The molecule has 0 radical (unpaired) electrons. The smallest absolute Gasteiger partial charge is 0.0928 e. The maximum atomic E-state index is 4.43. The molecule has 1 N–H and O–H groups in total. The molecule has 1 aromatic rings. The van der Waals surface area contributed by atoms with Gasteiger partial charge in [-0.05, 0) is 25.3 Å². The van der Waals surface area contributed by atoms with E-state index in [0.29, 0.717) is 0 Å². The van der Waals surface area contributed by atoms with Crippen molar-refractivity contribution in [3.63, 3.8) is 0 Å². The molecule has 0 bridgehead atoms. The molecule has 1 rings (SSSR count). The fraction of sp³-hybridized carbons (Fsp3) is 0.750. The van der Waals surface area contributed by atoms with E-state index in [2.05, 4.69) is 31.1 Å². The molecular formula is C12H22N2S. The summed E-state index contributed by atoms with van der Waals surface area (Å²) in [4.78, 5) is 5.79. The van der Waals surface area contributed by atoms with Crippen molar-refractivity contribution in [3.8, 4) is 0 Å². The van der Waals surface area contributed by atoms with Crippen LogP contribution in [0.3, 0.4) is 0 Å². The Kier molecular flexibility index (Phi) is 5.88.